The maximum Gasteiger partial charge on any atom is 0.232 e. The summed E-state index contributed by atoms with van der Waals surface area (Å²) in [5.41, 5.74) is 0.799. The predicted octanol–water partition coefficient (Wildman–Crippen LogP) is 3.77. The zero-order chi connectivity index (χ0) is 19.6. The summed E-state index contributed by atoms with van der Waals surface area (Å²) in [5.74, 6) is 1.88. The fourth-order valence-electron chi connectivity index (χ4n) is 3.06. The summed E-state index contributed by atoms with van der Waals surface area (Å²) in [6, 6.07) is 3.69. The zero-order valence-corrected chi connectivity index (χ0v) is 17.1. The van der Waals surface area contributed by atoms with Gasteiger partial charge in [-0.3, -0.25) is 9.69 Å². The molecule has 1 heterocycles. The molecule has 1 aromatic carbocycles. The lowest BCUT2D eigenvalue weighted by atomic mass is 9.84. The van der Waals surface area contributed by atoms with E-state index in [4.69, 9.17) is 14.2 Å². The number of benzene rings is 1. The maximum absolute atomic E-state index is 12.8. The van der Waals surface area contributed by atoms with Crippen molar-refractivity contribution >= 4 is 22.4 Å². The van der Waals surface area contributed by atoms with Gasteiger partial charge in [-0.25, -0.2) is 0 Å². The molecule has 2 aromatic rings. The molecule has 1 aliphatic rings. The van der Waals surface area contributed by atoms with Crippen LogP contribution in [0.3, 0.4) is 0 Å². The number of ether oxygens (including phenoxy) is 3. The van der Waals surface area contributed by atoms with E-state index in [-0.39, 0.29) is 17.9 Å². The third-order valence-electron chi connectivity index (χ3n) is 4.74. The van der Waals surface area contributed by atoms with Gasteiger partial charge in [0.05, 0.1) is 21.3 Å². The van der Waals surface area contributed by atoms with Crippen LogP contribution in [0.15, 0.2) is 12.1 Å². The van der Waals surface area contributed by atoms with E-state index in [1.807, 2.05) is 26.0 Å². The zero-order valence-electron chi connectivity index (χ0n) is 16.3. The van der Waals surface area contributed by atoms with Gasteiger partial charge in [-0.1, -0.05) is 17.8 Å². The molecule has 0 N–H and O–H groups in total. The first-order chi connectivity index (χ1) is 13.0. The Labute approximate surface area is 163 Å². The van der Waals surface area contributed by atoms with Crippen LogP contribution in [-0.2, 0) is 4.79 Å². The van der Waals surface area contributed by atoms with Gasteiger partial charge in [0.15, 0.2) is 11.5 Å². The Morgan fingerprint density at radius 2 is 1.74 bits per heavy atom. The van der Waals surface area contributed by atoms with Gasteiger partial charge in [-0.05, 0) is 38.8 Å². The molecule has 0 bridgehead atoms. The molecule has 0 unspecified atom stereocenters. The molecule has 8 heteroatoms. The molecule has 0 radical (unpaired) electrons. The van der Waals surface area contributed by atoms with Gasteiger partial charge in [-0.15, -0.1) is 10.2 Å². The van der Waals surface area contributed by atoms with Crippen molar-refractivity contribution in [2.75, 3.05) is 26.2 Å². The van der Waals surface area contributed by atoms with Crippen LogP contribution >= 0.6 is 11.3 Å². The molecule has 27 heavy (non-hydrogen) atoms. The SMILES string of the molecule is COc1cc(-c2nnc(N(C(=O)C3CCC3)C(C)C)s2)cc(OC)c1OC. The molecular formula is C19H25N3O4S. The van der Waals surface area contributed by atoms with Crippen LogP contribution in [0.2, 0.25) is 0 Å². The van der Waals surface area contributed by atoms with Crippen LogP contribution in [0, 0.1) is 5.92 Å². The molecule has 0 atom stereocenters. The van der Waals surface area contributed by atoms with Gasteiger partial charge < -0.3 is 14.2 Å². The summed E-state index contributed by atoms with van der Waals surface area (Å²) in [5, 5.41) is 9.90. The minimum absolute atomic E-state index is 0.0267. The molecular weight excluding hydrogens is 366 g/mol. The molecule has 0 spiro atoms. The Bertz CT molecular complexity index is 792. The van der Waals surface area contributed by atoms with Gasteiger partial charge in [0.25, 0.3) is 0 Å². The fraction of sp³-hybridized carbons (Fsp3) is 0.526. The molecule has 1 aliphatic carbocycles. The van der Waals surface area contributed by atoms with Crippen LogP contribution in [0.25, 0.3) is 10.6 Å². The molecule has 0 saturated heterocycles. The third-order valence-corrected chi connectivity index (χ3v) is 5.71. The lowest BCUT2D eigenvalue weighted by molar-refractivity contribution is -0.125. The van der Waals surface area contributed by atoms with E-state index in [1.54, 1.807) is 26.2 Å². The highest BCUT2D eigenvalue weighted by atomic mass is 32.1. The number of carbonyl (C=O) groups is 1. The first-order valence-corrected chi connectivity index (χ1v) is 9.78. The number of nitrogens with zero attached hydrogens (tertiary/aromatic N) is 3. The Morgan fingerprint density at radius 3 is 2.19 bits per heavy atom. The minimum atomic E-state index is 0.0267. The standard InChI is InChI=1S/C19H25N3O4S/c1-11(2)22(18(23)12-7-6-8-12)19-21-20-17(27-19)13-9-14(24-3)16(26-5)15(10-13)25-4/h9-12H,6-8H2,1-5H3. The van der Waals surface area contributed by atoms with E-state index >= 15 is 0 Å². The van der Waals surface area contributed by atoms with Gasteiger partial charge in [0.1, 0.15) is 5.01 Å². The van der Waals surface area contributed by atoms with Crippen molar-refractivity contribution in [2.24, 2.45) is 5.92 Å². The smallest absolute Gasteiger partial charge is 0.232 e. The number of methoxy groups -OCH3 is 3. The van der Waals surface area contributed by atoms with Gasteiger partial charge in [0, 0.05) is 17.5 Å². The summed E-state index contributed by atoms with van der Waals surface area (Å²) in [6.07, 6.45) is 3.04. The molecule has 0 aliphatic heterocycles. The van der Waals surface area contributed by atoms with E-state index in [2.05, 4.69) is 10.2 Å². The second-order valence-electron chi connectivity index (χ2n) is 6.73. The molecule has 146 valence electrons. The number of carbonyl (C=O) groups excluding carboxylic acids is 1. The summed E-state index contributed by atoms with van der Waals surface area (Å²) < 4.78 is 16.2. The highest BCUT2D eigenvalue weighted by molar-refractivity contribution is 7.18. The molecule has 1 amide bonds. The highest BCUT2D eigenvalue weighted by Gasteiger charge is 2.33. The van der Waals surface area contributed by atoms with E-state index in [0.717, 1.165) is 24.8 Å². The Balaban J connectivity index is 1.95. The van der Waals surface area contributed by atoms with E-state index < -0.39 is 0 Å². The number of hydrogen-bond acceptors (Lipinski definition) is 7. The van der Waals surface area contributed by atoms with E-state index in [0.29, 0.717) is 27.4 Å². The van der Waals surface area contributed by atoms with Crippen molar-refractivity contribution in [1.82, 2.24) is 10.2 Å². The number of hydrogen-bond donors (Lipinski definition) is 0. The number of aromatic nitrogens is 2. The largest absolute Gasteiger partial charge is 0.493 e. The molecule has 7 nitrogen and oxygen atoms in total. The monoisotopic (exact) mass is 391 g/mol. The average Bonchev–Trinajstić information content (AvgIpc) is 3.08. The van der Waals surface area contributed by atoms with Crippen LogP contribution in [0.1, 0.15) is 33.1 Å². The van der Waals surface area contributed by atoms with Crippen LogP contribution in [0.4, 0.5) is 5.13 Å². The van der Waals surface area contributed by atoms with Crippen molar-refractivity contribution in [3.8, 4) is 27.8 Å². The summed E-state index contributed by atoms with van der Waals surface area (Å²) >= 11 is 1.39. The normalized spacial score (nSPS) is 14.0. The second-order valence-corrected chi connectivity index (χ2v) is 7.69. The average molecular weight is 391 g/mol. The fourth-order valence-corrected chi connectivity index (χ4v) is 4.03. The number of anilines is 1. The quantitative estimate of drug-likeness (QED) is 0.715. The first-order valence-electron chi connectivity index (χ1n) is 8.97. The lowest BCUT2D eigenvalue weighted by Gasteiger charge is -2.32. The number of amides is 1. The Morgan fingerprint density at radius 1 is 1.11 bits per heavy atom. The molecule has 3 rings (SSSR count). The second kappa shape index (κ2) is 8.12. The van der Waals surface area contributed by atoms with Gasteiger partial charge in [-0.2, -0.15) is 0 Å². The molecule has 1 aromatic heterocycles. The number of rotatable bonds is 7. The Hall–Kier alpha value is -2.35. The topological polar surface area (TPSA) is 73.8 Å². The Kier molecular flexibility index (Phi) is 5.84. The van der Waals surface area contributed by atoms with Crippen molar-refractivity contribution in [2.45, 2.75) is 39.2 Å². The van der Waals surface area contributed by atoms with Gasteiger partial charge in [0.2, 0.25) is 16.8 Å². The van der Waals surface area contributed by atoms with Crippen LogP contribution in [-0.4, -0.2) is 43.5 Å². The van der Waals surface area contributed by atoms with Crippen molar-refractivity contribution in [3.63, 3.8) is 0 Å². The molecule has 1 fully saturated rings. The van der Waals surface area contributed by atoms with Gasteiger partial charge >= 0.3 is 0 Å². The van der Waals surface area contributed by atoms with Crippen molar-refractivity contribution in [1.29, 1.82) is 0 Å². The third kappa shape index (κ3) is 3.71. The summed E-state index contributed by atoms with van der Waals surface area (Å²) in [6.45, 7) is 3.99. The van der Waals surface area contributed by atoms with Crippen LogP contribution in [0.5, 0.6) is 17.2 Å². The lowest BCUT2D eigenvalue weighted by Crippen LogP contribution is -2.43. The maximum atomic E-state index is 12.8. The molecule has 1 saturated carbocycles. The van der Waals surface area contributed by atoms with Crippen molar-refractivity contribution in [3.05, 3.63) is 12.1 Å². The first kappa shape index (κ1) is 19.4. The van der Waals surface area contributed by atoms with Crippen LogP contribution < -0.4 is 19.1 Å². The summed E-state index contributed by atoms with van der Waals surface area (Å²) in [7, 11) is 4.71. The minimum Gasteiger partial charge on any atom is -0.493 e. The van der Waals surface area contributed by atoms with Crippen molar-refractivity contribution < 1.29 is 19.0 Å². The van der Waals surface area contributed by atoms with E-state index in [1.165, 1.54) is 11.3 Å². The predicted molar refractivity (Wildman–Crippen MR) is 105 cm³/mol. The summed E-state index contributed by atoms with van der Waals surface area (Å²) in [4.78, 5) is 14.6. The highest BCUT2D eigenvalue weighted by Crippen LogP contribution is 2.42. The van der Waals surface area contributed by atoms with E-state index in [9.17, 15) is 4.79 Å².